The minimum atomic E-state index is -0.260. The van der Waals surface area contributed by atoms with Gasteiger partial charge in [0.2, 0.25) is 5.95 Å². The molecule has 0 fully saturated rings. The first-order chi connectivity index (χ1) is 9.17. The Morgan fingerprint density at radius 3 is 3.05 bits per heavy atom. The quantitative estimate of drug-likeness (QED) is 0.835. The van der Waals surface area contributed by atoms with Gasteiger partial charge in [0.25, 0.3) is 0 Å². The molecule has 0 saturated heterocycles. The highest BCUT2D eigenvalue weighted by atomic mass is 32.1. The summed E-state index contributed by atoms with van der Waals surface area (Å²) in [5.74, 6) is 0.159. The first kappa shape index (κ1) is 13.4. The number of nitrogens with zero attached hydrogens (tertiary/aromatic N) is 3. The van der Waals surface area contributed by atoms with Crippen molar-refractivity contribution in [3.8, 4) is 0 Å². The van der Waals surface area contributed by atoms with E-state index in [-0.39, 0.29) is 5.82 Å². The van der Waals surface area contributed by atoms with E-state index < -0.39 is 0 Å². The molecule has 19 heavy (non-hydrogen) atoms. The molecular formula is C12H14FN5S. The average molecular weight is 279 g/mol. The van der Waals surface area contributed by atoms with Crippen LogP contribution in [0.3, 0.4) is 0 Å². The molecule has 1 aromatic carbocycles. The molecule has 0 bridgehead atoms. The fourth-order valence-electron chi connectivity index (χ4n) is 1.56. The predicted octanol–water partition coefficient (Wildman–Crippen LogP) is 1.77. The lowest BCUT2D eigenvalue weighted by molar-refractivity contribution is 0.619. The Labute approximate surface area is 115 Å². The second-order valence-corrected chi connectivity index (χ2v) is 4.29. The lowest BCUT2D eigenvalue weighted by Crippen LogP contribution is -2.28. The minimum Gasteiger partial charge on any atom is -0.363 e. The summed E-state index contributed by atoms with van der Waals surface area (Å²) >= 11 is 5.03. The van der Waals surface area contributed by atoms with E-state index in [0.717, 1.165) is 12.1 Å². The first-order valence-electron chi connectivity index (χ1n) is 5.86. The lowest BCUT2D eigenvalue weighted by Gasteiger charge is -2.04. The van der Waals surface area contributed by atoms with Crippen LogP contribution in [0.5, 0.6) is 0 Å². The Morgan fingerprint density at radius 1 is 1.47 bits per heavy atom. The molecule has 0 aliphatic carbocycles. The zero-order valence-electron chi connectivity index (χ0n) is 10.4. The lowest BCUT2D eigenvalue weighted by atomic mass is 10.2. The SMILES string of the molecule is CCNC(=S)Nc1ncn(Cc2cccc(F)c2)n1. The molecule has 2 aromatic rings. The molecule has 2 N–H and O–H groups in total. The largest absolute Gasteiger partial charge is 0.363 e. The Morgan fingerprint density at radius 2 is 2.32 bits per heavy atom. The van der Waals surface area contributed by atoms with Crippen molar-refractivity contribution in [1.82, 2.24) is 20.1 Å². The average Bonchev–Trinajstić information content (AvgIpc) is 2.76. The predicted molar refractivity (Wildman–Crippen MR) is 75.4 cm³/mol. The summed E-state index contributed by atoms with van der Waals surface area (Å²) in [7, 11) is 0. The standard InChI is InChI=1S/C12H14FN5S/c1-2-14-12(19)16-11-15-8-18(17-11)7-9-4-3-5-10(13)6-9/h3-6,8H,2,7H2,1H3,(H2,14,16,17,19). The van der Waals surface area contributed by atoms with Crippen molar-refractivity contribution in [3.63, 3.8) is 0 Å². The number of nitrogens with one attached hydrogen (secondary N) is 2. The fraction of sp³-hybridized carbons (Fsp3) is 0.250. The van der Waals surface area contributed by atoms with Crippen LogP contribution in [0.15, 0.2) is 30.6 Å². The van der Waals surface area contributed by atoms with Gasteiger partial charge in [-0.05, 0) is 36.8 Å². The van der Waals surface area contributed by atoms with E-state index in [1.54, 1.807) is 17.1 Å². The zero-order chi connectivity index (χ0) is 13.7. The van der Waals surface area contributed by atoms with Crippen LogP contribution >= 0.6 is 12.2 Å². The third-order valence-corrected chi connectivity index (χ3v) is 2.58. The molecule has 7 heteroatoms. The maximum absolute atomic E-state index is 13.0. The van der Waals surface area contributed by atoms with E-state index in [0.29, 0.717) is 17.6 Å². The van der Waals surface area contributed by atoms with Crippen molar-refractivity contribution in [1.29, 1.82) is 0 Å². The van der Waals surface area contributed by atoms with E-state index in [1.807, 2.05) is 13.0 Å². The van der Waals surface area contributed by atoms with Gasteiger partial charge in [-0.15, -0.1) is 5.10 Å². The van der Waals surface area contributed by atoms with Crippen LogP contribution < -0.4 is 10.6 Å². The summed E-state index contributed by atoms with van der Waals surface area (Å²) in [6, 6.07) is 6.38. The number of hydrogen-bond acceptors (Lipinski definition) is 3. The van der Waals surface area contributed by atoms with Gasteiger partial charge in [-0.3, -0.25) is 5.32 Å². The maximum atomic E-state index is 13.0. The molecular weight excluding hydrogens is 265 g/mol. The third-order valence-electron chi connectivity index (χ3n) is 2.33. The van der Waals surface area contributed by atoms with E-state index in [2.05, 4.69) is 20.7 Å². The first-order valence-corrected chi connectivity index (χ1v) is 6.27. The highest BCUT2D eigenvalue weighted by molar-refractivity contribution is 7.80. The zero-order valence-corrected chi connectivity index (χ0v) is 11.2. The number of hydrogen-bond donors (Lipinski definition) is 2. The van der Waals surface area contributed by atoms with Crippen LogP contribution in [0.4, 0.5) is 10.3 Å². The molecule has 0 saturated carbocycles. The van der Waals surface area contributed by atoms with Crippen molar-refractivity contribution in [3.05, 3.63) is 42.0 Å². The smallest absolute Gasteiger partial charge is 0.248 e. The van der Waals surface area contributed by atoms with Crippen LogP contribution in [0.1, 0.15) is 12.5 Å². The summed E-state index contributed by atoms with van der Waals surface area (Å²) in [5.41, 5.74) is 0.825. The topological polar surface area (TPSA) is 54.8 Å². The van der Waals surface area contributed by atoms with Gasteiger partial charge in [0.05, 0.1) is 6.54 Å². The molecule has 0 atom stereocenters. The van der Waals surface area contributed by atoms with E-state index in [4.69, 9.17) is 12.2 Å². The van der Waals surface area contributed by atoms with Gasteiger partial charge < -0.3 is 5.32 Å². The van der Waals surface area contributed by atoms with E-state index in [1.165, 1.54) is 12.1 Å². The molecule has 0 aliphatic rings. The Balaban J connectivity index is 1.99. The highest BCUT2D eigenvalue weighted by Gasteiger charge is 2.03. The molecule has 1 heterocycles. The number of anilines is 1. The summed E-state index contributed by atoms with van der Waals surface area (Å²) in [5, 5.41) is 10.5. The molecule has 1 aromatic heterocycles. The maximum Gasteiger partial charge on any atom is 0.248 e. The number of aromatic nitrogens is 3. The minimum absolute atomic E-state index is 0.260. The van der Waals surface area contributed by atoms with Gasteiger partial charge in [0.15, 0.2) is 5.11 Å². The summed E-state index contributed by atoms with van der Waals surface area (Å²) < 4.78 is 14.7. The van der Waals surface area contributed by atoms with Crippen molar-refractivity contribution in [2.24, 2.45) is 0 Å². The van der Waals surface area contributed by atoms with E-state index >= 15 is 0 Å². The summed E-state index contributed by atoms with van der Waals surface area (Å²) in [4.78, 5) is 4.08. The van der Waals surface area contributed by atoms with Gasteiger partial charge >= 0.3 is 0 Å². The van der Waals surface area contributed by atoms with Crippen molar-refractivity contribution >= 4 is 23.3 Å². The van der Waals surface area contributed by atoms with Crippen LogP contribution in [-0.4, -0.2) is 26.4 Å². The van der Waals surface area contributed by atoms with Gasteiger partial charge in [0.1, 0.15) is 12.1 Å². The Bertz CT molecular complexity index is 569. The van der Waals surface area contributed by atoms with Crippen molar-refractivity contribution in [2.75, 3.05) is 11.9 Å². The molecule has 0 aliphatic heterocycles. The fourth-order valence-corrected chi connectivity index (χ4v) is 1.79. The van der Waals surface area contributed by atoms with Gasteiger partial charge in [-0.1, -0.05) is 12.1 Å². The number of rotatable bonds is 4. The molecule has 0 unspecified atom stereocenters. The molecule has 5 nitrogen and oxygen atoms in total. The molecule has 2 rings (SSSR count). The number of halogens is 1. The monoisotopic (exact) mass is 279 g/mol. The molecule has 0 amide bonds. The van der Waals surface area contributed by atoms with E-state index in [9.17, 15) is 4.39 Å². The van der Waals surface area contributed by atoms with Crippen LogP contribution in [0.2, 0.25) is 0 Å². The molecule has 100 valence electrons. The van der Waals surface area contributed by atoms with Gasteiger partial charge in [0, 0.05) is 6.54 Å². The third kappa shape index (κ3) is 3.99. The summed E-state index contributed by atoms with van der Waals surface area (Å²) in [6.07, 6.45) is 1.57. The van der Waals surface area contributed by atoms with Gasteiger partial charge in [-0.25, -0.2) is 14.1 Å². The second kappa shape index (κ2) is 6.24. The summed E-state index contributed by atoms with van der Waals surface area (Å²) in [6.45, 7) is 3.14. The van der Waals surface area contributed by atoms with Crippen molar-refractivity contribution in [2.45, 2.75) is 13.5 Å². The Kier molecular flexibility index (Phi) is 4.40. The Hall–Kier alpha value is -2.02. The highest BCUT2D eigenvalue weighted by Crippen LogP contribution is 2.06. The van der Waals surface area contributed by atoms with Gasteiger partial charge in [-0.2, -0.15) is 0 Å². The number of thiocarbonyl (C=S) groups is 1. The van der Waals surface area contributed by atoms with Crippen molar-refractivity contribution < 1.29 is 4.39 Å². The van der Waals surface area contributed by atoms with Crippen LogP contribution in [0.25, 0.3) is 0 Å². The molecule has 0 radical (unpaired) electrons. The number of benzene rings is 1. The normalized spacial score (nSPS) is 10.2. The molecule has 0 spiro atoms. The van der Waals surface area contributed by atoms with Crippen LogP contribution in [-0.2, 0) is 6.54 Å². The van der Waals surface area contributed by atoms with Crippen LogP contribution in [0, 0.1) is 5.82 Å². The second-order valence-electron chi connectivity index (χ2n) is 3.88.